The summed E-state index contributed by atoms with van der Waals surface area (Å²) in [6, 6.07) is -3.10. The van der Waals surface area contributed by atoms with Gasteiger partial charge in [0.2, 0.25) is 5.91 Å². The molecule has 4 rings (SSSR count). The fraction of sp³-hybridized carbons (Fsp3) is 0.889. The number of terminal acetylenes is 1. The van der Waals surface area contributed by atoms with Crippen molar-refractivity contribution in [3.8, 4) is 12.3 Å². The van der Waals surface area contributed by atoms with Crippen LogP contribution in [0.25, 0.3) is 0 Å². The number of nitrogens with two attached hydrogens (primary N) is 3. The van der Waals surface area contributed by atoms with Gasteiger partial charge in [-0.15, -0.1) is 12.3 Å². The normalized spacial score (nSPS) is 50.7. The molecule has 15 nitrogen and oxygen atoms in total. The minimum Gasteiger partial charge on any atom is -0.394 e. The van der Waals surface area contributed by atoms with E-state index >= 15 is 0 Å². The van der Waals surface area contributed by atoms with E-state index in [-0.39, 0.29) is 31.6 Å². The number of ether oxygens (including phenoxy) is 4. The molecule has 0 aromatic heterocycles. The first kappa shape index (κ1) is 33.4. The Kier molecular flexibility index (Phi) is 9.93. The SMILES string of the molecule is C#CCCCC(=O)NC1C[C@@]12O[C@](C)(O[C@H]1C[C@@H](OC3(C)O[C@H](CO)[C@@H](O)[C@H](N)[C@H]3O)[C@H](N)C[C@@H]1N)[C@H](O)[C@@H](O)[C@@H]2O. The van der Waals surface area contributed by atoms with E-state index in [4.69, 9.17) is 42.6 Å². The summed E-state index contributed by atoms with van der Waals surface area (Å²) in [6.07, 6.45) is -3.65. The Balaban J connectivity index is 1.47. The van der Waals surface area contributed by atoms with Gasteiger partial charge in [0.15, 0.2) is 11.6 Å². The highest BCUT2D eigenvalue weighted by Crippen LogP contribution is 2.52. The van der Waals surface area contributed by atoms with Crippen molar-refractivity contribution in [3.63, 3.8) is 0 Å². The lowest BCUT2D eigenvalue weighted by atomic mass is 9.85. The second kappa shape index (κ2) is 12.5. The van der Waals surface area contributed by atoms with Crippen molar-refractivity contribution in [2.75, 3.05) is 6.61 Å². The van der Waals surface area contributed by atoms with E-state index in [1.165, 1.54) is 13.8 Å². The fourth-order valence-electron chi connectivity index (χ4n) is 6.39. The molecule has 0 radical (unpaired) electrons. The Labute approximate surface area is 244 Å². The highest BCUT2D eigenvalue weighted by molar-refractivity contribution is 5.77. The van der Waals surface area contributed by atoms with Gasteiger partial charge in [-0.25, -0.2) is 0 Å². The molecule has 15 atom stereocenters. The van der Waals surface area contributed by atoms with Crippen LogP contribution >= 0.6 is 0 Å². The van der Waals surface area contributed by atoms with Crippen molar-refractivity contribution in [1.82, 2.24) is 5.32 Å². The minimum absolute atomic E-state index is 0.0439. The molecule has 0 aromatic carbocycles. The Morgan fingerprint density at radius 3 is 2.19 bits per heavy atom. The monoisotopic (exact) mass is 602 g/mol. The Hall–Kier alpha value is -1.49. The molecule has 2 saturated carbocycles. The molecular formula is C27H46N4O11. The molecule has 0 bridgehead atoms. The first-order valence-electron chi connectivity index (χ1n) is 14.4. The van der Waals surface area contributed by atoms with Gasteiger partial charge in [0.25, 0.3) is 0 Å². The largest absolute Gasteiger partial charge is 0.394 e. The van der Waals surface area contributed by atoms with Gasteiger partial charge in [-0.3, -0.25) is 4.79 Å². The zero-order valence-corrected chi connectivity index (χ0v) is 23.9. The number of hydrogen-bond donors (Lipinski definition) is 10. The van der Waals surface area contributed by atoms with Crippen LogP contribution in [0.5, 0.6) is 0 Å². The maximum atomic E-state index is 12.4. The third-order valence-electron chi connectivity index (χ3n) is 9.07. The predicted molar refractivity (Wildman–Crippen MR) is 145 cm³/mol. The highest BCUT2D eigenvalue weighted by Gasteiger charge is 2.71. The zero-order chi connectivity index (χ0) is 31.2. The van der Waals surface area contributed by atoms with E-state index in [0.29, 0.717) is 12.8 Å². The summed E-state index contributed by atoms with van der Waals surface area (Å²) in [4.78, 5) is 12.4. The number of aliphatic hydroxyl groups is 6. The number of rotatable bonds is 9. The van der Waals surface area contributed by atoms with Crippen molar-refractivity contribution in [2.24, 2.45) is 17.2 Å². The second-order valence-electron chi connectivity index (χ2n) is 12.3. The molecule has 4 fully saturated rings. The molecular weight excluding hydrogens is 556 g/mol. The van der Waals surface area contributed by atoms with Crippen molar-refractivity contribution < 1.29 is 54.4 Å². The lowest BCUT2D eigenvalue weighted by Crippen LogP contribution is -2.70. The van der Waals surface area contributed by atoms with Gasteiger partial charge >= 0.3 is 0 Å². The van der Waals surface area contributed by atoms with E-state index in [1.54, 1.807) is 0 Å². The van der Waals surface area contributed by atoms with Crippen molar-refractivity contribution in [2.45, 2.75) is 143 Å². The van der Waals surface area contributed by atoms with Crippen molar-refractivity contribution >= 4 is 5.91 Å². The van der Waals surface area contributed by atoms with Crippen LogP contribution in [0.4, 0.5) is 0 Å². The topological polar surface area (TPSA) is 265 Å². The molecule has 2 saturated heterocycles. The summed E-state index contributed by atoms with van der Waals surface area (Å²) >= 11 is 0. The van der Waals surface area contributed by atoms with Crippen LogP contribution in [0.15, 0.2) is 0 Å². The summed E-state index contributed by atoms with van der Waals surface area (Å²) < 4.78 is 24.2. The Morgan fingerprint density at radius 2 is 1.60 bits per heavy atom. The van der Waals surface area contributed by atoms with Crippen LogP contribution in [-0.2, 0) is 23.7 Å². The molecule has 42 heavy (non-hydrogen) atoms. The zero-order valence-electron chi connectivity index (χ0n) is 23.9. The smallest absolute Gasteiger partial charge is 0.220 e. The van der Waals surface area contributed by atoms with Crippen LogP contribution in [0.2, 0.25) is 0 Å². The maximum absolute atomic E-state index is 12.4. The van der Waals surface area contributed by atoms with Crippen LogP contribution < -0.4 is 22.5 Å². The lowest BCUT2D eigenvalue weighted by molar-refractivity contribution is -0.382. The Bertz CT molecular complexity index is 1020. The van der Waals surface area contributed by atoms with Crippen LogP contribution in [0, 0.1) is 12.3 Å². The minimum atomic E-state index is -1.85. The number of amides is 1. The Morgan fingerprint density at radius 1 is 0.976 bits per heavy atom. The first-order valence-corrected chi connectivity index (χ1v) is 14.4. The van der Waals surface area contributed by atoms with Crippen LogP contribution in [0.1, 0.15) is 52.4 Å². The van der Waals surface area contributed by atoms with Crippen molar-refractivity contribution in [1.29, 1.82) is 0 Å². The number of carbonyl (C=O) groups is 1. The molecule has 15 heteroatoms. The summed E-state index contributed by atoms with van der Waals surface area (Å²) in [7, 11) is 0. The molecule has 1 amide bonds. The molecule has 2 heterocycles. The third kappa shape index (κ3) is 6.20. The van der Waals surface area contributed by atoms with Gasteiger partial charge in [-0.2, -0.15) is 0 Å². The summed E-state index contributed by atoms with van der Waals surface area (Å²) in [5.74, 6) is -1.41. The van der Waals surface area contributed by atoms with E-state index in [9.17, 15) is 35.4 Å². The van der Waals surface area contributed by atoms with Crippen molar-refractivity contribution in [3.05, 3.63) is 0 Å². The predicted octanol–water partition coefficient (Wildman–Crippen LogP) is -4.38. The van der Waals surface area contributed by atoms with Gasteiger partial charge in [0.1, 0.15) is 42.2 Å². The third-order valence-corrected chi connectivity index (χ3v) is 9.07. The first-order chi connectivity index (χ1) is 19.6. The maximum Gasteiger partial charge on any atom is 0.220 e. The van der Waals surface area contributed by atoms with Crippen LogP contribution in [0.3, 0.4) is 0 Å². The van der Waals surface area contributed by atoms with Gasteiger partial charge in [-0.05, 0) is 26.7 Å². The van der Waals surface area contributed by atoms with E-state index in [2.05, 4.69) is 11.2 Å². The molecule has 2 unspecified atom stereocenters. The molecule has 4 aliphatic rings. The molecule has 13 N–H and O–H groups in total. The lowest BCUT2D eigenvalue weighted by Gasteiger charge is -2.52. The molecule has 1 spiro atoms. The van der Waals surface area contributed by atoms with Gasteiger partial charge < -0.3 is 72.1 Å². The molecule has 2 aliphatic carbocycles. The molecule has 0 aromatic rings. The van der Waals surface area contributed by atoms with Crippen LogP contribution in [-0.4, -0.2) is 133 Å². The van der Waals surface area contributed by atoms with E-state index in [0.717, 1.165) is 0 Å². The molecule has 2 aliphatic heterocycles. The standard InChI is InChI=1S/C27H46N4O11/c1-4-5-6-7-18(33)31-17-10-27(17)24(38)21(35)23(37)26(3,42-27)40-15-9-14(12(28)8-13(15)29)39-25(2)22(36)19(30)20(34)16(11-32)41-25/h1,12-17,19-24,32,34-38H,5-11,28-30H2,2-3H3,(H,31,33)/t12-,13+,14-,15+,16-,17?,19+,20-,21-,22-,23-,24+,25?,26+,27-/m1/s1. The van der Waals surface area contributed by atoms with E-state index in [1.807, 2.05) is 0 Å². The van der Waals surface area contributed by atoms with Gasteiger partial charge in [0.05, 0.1) is 30.9 Å². The number of carbonyl (C=O) groups excluding carboxylic acids is 1. The fourth-order valence-corrected chi connectivity index (χ4v) is 6.39. The molecule has 240 valence electrons. The summed E-state index contributed by atoms with van der Waals surface area (Å²) in [5, 5.41) is 65.9. The average molecular weight is 603 g/mol. The van der Waals surface area contributed by atoms with E-state index < -0.39 is 96.8 Å². The number of hydrogen-bond acceptors (Lipinski definition) is 14. The quantitative estimate of drug-likeness (QED) is 0.0883. The number of nitrogens with one attached hydrogen (secondary N) is 1. The van der Waals surface area contributed by atoms with Gasteiger partial charge in [-0.1, -0.05) is 0 Å². The number of aliphatic hydroxyl groups excluding tert-OH is 6. The number of unbranched alkanes of at least 4 members (excludes halogenated alkanes) is 1. The average Bonchev–Trinajstić information content (AvgIpc) is 3.61. The summed E-state index contributed by atoms with van der Waals surface area (Å²) in [6.45, 7) is 2.27. The summed E-state index contributed by atoms with van der Waals surface area (Å²) in [5.41, 5.74) is 17.3. The highest BCUT2D eigenvalue weighted by atomic mass is 16.7. The second-order valence-corrected chi connectivity index (χ2v) is 12.3. The van der Waals surface area contributed by atoms with Gasteiger partial charge in [0, 0.05) is 37.8 Å².